The molecule has 1 aromatic carbocycles. The van der Waals surface area contributed by atoms with Crippen molar-refractivity contribution in [1.29, 1.82) is 0 Å². The van der Waals surface area contributed by atoms with Gasteiger partial charge in [0.15, 0.2) is 0 Å². The number of carbonyl (C=O) groups is 1. The topological polar surface area (TPSA) is 58.6 Å². The molecule has 0 aliphatic rings. The highest BCUT2D eigenvalue weighted by Crippen LogP contribution is 2.16. The monoisotopic (exact) mass is 279 g/mol. The molecule has 0 aliphatic heterocycles. The molecule has 1 unspecified atom stereocenters. The minimum Gasteiger partial charge on any atom is -0.491 e. The van der Waals surface area contributed by atoms with Gasteiger partial charge in [0.05, 0.1) is 0 Å². The maximum absolute atomic E-state index is 11.4. The summed E-state index contributed by atoms with van der Waals surface area (Å²) in [5.74, 6) is -0.211. The lowest BCUT2D eigenvalue weighted by molar-refractivity contribution is -0.145. The number of hydrogen-bond acceptors (Lipinski definition) is 3. The summed E-state index contributed by atoms with van der Waals surface area (Å²) < 4.78 is 5.62. The van der Waals surface area contributed by atoms with Gasteiger partial charge in [-0.15, -0.1) is 0 Å². The molecule has 1 atom stereocenters. The van der Waals surface area contributed by atoms with Crippen LogP contribution in [0.25, 0.3) is 0 Å². The molecule has 0 aliphatic carbocycles. The van der Waals surface area contributed by atoms with Gasteiger partial charge in [-0.3, -0.25) is 10.1 Å². The van der Waals surface area contributed by atoms with E-state index in [1.54, 1.807) is 6.92 Å². The lowest BCUT2D eigenvalue weighted by Gasteiger charge is -2.28. The molecule has 0 amide bonds. The van der Waals surface area contributed by atoms with Gasteiger partial charge in [-0.05, 0) is 44.9 Å². The van der Waals surface area contributed by atoms with E-state index in [-0.39, 0.29) is 12.6 Å². The van der Waals surface area contributed by atoms with E-state index in [2.05, 4.69) is 12.2 Å². The second-order valence-corrected chi connectivity index (χ2v) is 5.62. The zero-order chi connectivity index (χ0) is 15.2. The molecule has 4 heteroatoms. The first-order valence-corrected chi connectivity index (χ1v) is 7.10. The summed E-state index contributed by atoms with van der Waals surface area (Å²) in [6, 6.07) is 7.90. The first-order valence-electron chi connectivity index (χ1n) is 7.10. The molecule has 1 aromatic rings. The molecule has 0 saturated heterocycles. The van der Waals surface area contributed by atoms with Crippen LogP contribution in [0.1, 0.15) is 39.7 Å². The average Bonchev–Trinajstić information content (AvgIpc) is 2.37. The smallest absolute Gasteiger partial charge is 0.327 e. The fraction of sp³-hybridized carbons (Fsp3) is 0.562. The SMILES string of the molecule is CCCc1ccc(OCC(C)(NC(C)C)C(=O)O)cc1. The van der Waals surface area contributed by atoms with Crippen LogP contribution in [0, 0.1) is 0 Å². The van der Waals surface area contributed by atoms with E-state index in [0.29, 0.717) is 5.75 Å². The van der Waals surface area contributed by atoms with Crippen LogP contribution in [0.4, 0.5) is 0 Å². The zero-order valence-corrected chi connectivity index (χ0v) is 12.8. The van der Waals surface area contributed by atoms with Gasteiger partial charge >= 0.3 is 5.97 Å². The van der Waals surface area contributed by atoms with Crippen LogP contribution in [0.2, 0.25) is 0 Å². The van der Waals surface area contributed by atoms with Gasteiger partial charge in [0.25, 0.3) is 0 Å². The third-order valence-electron chi connectivity index (χ3n) is 3.07. The molecule has 0 aromatic heterocycles. The summed E-state index contributed by atoms with van der Waals surface area (Å²) in [6.45, 7) is 7.70. The molecular weight excluding hydrogens is 254 g/mol. The second kappa shape index (κ2) is 7.29. The Bertz CT molecular complexity index is 428. The fourth-order valence-electron chi connectivity index (χ4n) is 2.07. The van der Waals surface area contributed by atoms with Gasteiger partial charge in [0.1, 0.15) is 17.9 Å². The van der Waals surface area contributed by atoms with Crippen molar-refractivity contribution in [3.63, 3.8) is 0 Å². The van der Waals surface area contributed by atoms with Gasteiger partial charge in [-0.1, -0.05) is 25.5 Å². The first-order chi connectivity index (χ1) is 9.37. The van der Waals surface area contributed by atoms with E-state index in [0.717, 1.165) is 12.8 Å². The Hall–Kier alpha value is -1.55. The van der Waals surface area contributed by atoms with Crippen molar-refractivity contribution in [3.8, 4) is 5.75 Å². The molecule has 0 spiro atoms. The molecule has 0 saturated carbocycles. The van der Waals surface area contributed by atoms with Crippen LogP contribution in [-0.4, -0.2) is 29.3 Å². The number of carboxylic acids is 1. The van der Waals surface area contributed by atoms with Crippen molar-refractivity contribution >= 4 is 5.97 Å². The number of hydrogen-bond donors (Lipinski definition) is 2. The lowest BCUT2D eigenvalue weighted by atomic mass is 10.0. The number of aliphatic carboxylic acids is 1. The van der Waals surface area contributed by atoms with Gasteiger partial charge in [0.2, 0.25) is 0 Å². The summed E-state index contributed by atoms with van der Waals surface area (Å²) in [4.78, 5) is 11.4. The minimum atomic E-state index is -1.09. The van der Waals surface area contributed by atoms with Crippen LogP contribution >= 0.6 is 0 Å². The lowest BCUT2D eigenvalue weighted by Crippen LogP contribution is -2.56. The highest BCUT2D eigenvalue weighted by atomic mass is 16.5. The Morgan fingerprint density at radius 3 is 2.40 bits per heavy atom. The third kappa shape index (κ3) is 4.85. The Balaban J connectivity index is 2.65. The van der Waals surface area contributed by atoms with Crippen molar-refractivity contribution in [3.05, 3.63) is 29.8 Å². The van der Waals surface area contributed by atoms with Crippen molar-refractivity contribution in [2.45, 2.75) is 52.1 Å². The van der Waals surface area contributed by atoms with Gasteiger partial charge < -0.3 is 9.84 Å². The summed E-state index contributed by atoms with van der Waals surface area (Å²) >= 11 is 0. The van der Waals surface area contributed by atoms with E-state index >= 15 is 0 Å². The standard InChI is InChI=1S/C16H25NO3/c1-5-6-13-7-9-14(10-8-13)20-11-16(4,15(18)19)17-12(2)3/h7-10,12,17H,5-6,11H2,1-4H3,(H,18,19). The number of aryl methyl sites for hydroxylation is 1. The maximum Gasteiger partial charge on any atom is 0.327 e. The number of nitrogens with one attached hydrogen (secondary N) is 1. The molecular formula is C16H25NO3. The average molecular weight is 279 g/mol. The molecule has 4 nitrogen and oxygen atoms in total. The molecule has 1 rings (SSSR count). The maximum atomic E-state index is 11.4. The largest absolute Gasteiger partial charge is 0.491 e. The predicted octanol–water partition coefficient (Wildman–Crippen LogP) is 2.86. The van der Waals surface area contributed by atoms with E-state index in [4.69, 9.17) is 4.74 Å². The van der Waals surface area contributed by atoms with Gasteiger partial charge in [-0.25, -0.2) is 0 Å². The minimum absolute atomic E-state index is 0.0756. The van der Waals surface area contributed by atoms with Crippen molar-refractivity contribution in [2.75, 3.05) is 6.61 Å². The highest BCUT2D eigenvalue weighted by molar-refractivity contribution is 5.78. The van der Waals surface area contributed by atoms with Crippen molar-refractivity contribution in [1.82, 2.24) is 5.32 Å². The molecule has 112 valence electrons. The predicted molar refractivity (Wildman–Crippen MR) is 80.2 cm³/mol. The van der Waals surface area contributed by atoms with Gasteiger partial charge in [-0.2, -0.15) is 0 Å². The summed E-state index contributed by atoms with van der Waals surface area (Å²) in [5.41, 5.74) is 0.178. The van der Waals surface area contributed by atoms with Crippen LogP contribution in [0.5, 0.6) is 5.75 Å². The summed E-state index contributed by atoms with van der Waals surface area (Å²) in [7, 11) is 0. The molecule has 2 N–H and O–H groups in total. The summed E-state index contributed by atoms with van der Waals surface area (Å²) in [5, 5.41) is 12.4. The second-order valence-electron chi connectivity index (χ2n) is 5.62. The molecule has 0 radical (unpaired) electrons. The Morgan fingerprint density at radius 2 is 1.95 bits per heavy atom. The Labute approximate surface area is 121 Å². The number of carboxylic acid groups (broad SMARTS) is 1. The van der Waals surface area contributed by atoms with Crippen LogP contribution in [0.3, 0.4) is 0 Å². The van der Waals surface area contributed by atoms with E-state index in [1.807, 2.05) is 38.1 Å². The number of rotatable bonds is 8. The van der Waals surface area contributed by atoms with Crippen LogP contribution in [0.15, 0.2) is 24.3 Å². The Morgan fingerprint density at radius 1 is 1.35 bits per heavy atom. The molecule has 0 bridgehead atoms. The number of benzene rings is 1. The normalized spacial score (nSPS) is 14.1. The highest BCUT2D eigenvalue weighted by Gasteiger charge is 2.34. The fourth-order valence-corrected chi connectivity index (χ4v) is 2.07. The van der Waals surface area contributed by atoms with E-state index < -0.39 is 11.5 Å². The summed E-state index contributed by atoms with van der Waals surface area (Å²) in [6.07, 6.45) is 2.15. The van der Waals surface area contributed by atoms with Crippen LogP contribution < -0.4 is 10.1 Å². The molecule has 0 fully saturated rings. The number of ether oxygens (including phenoxy) is 1. The Kier molecular flexibility index (Phi) is 6.02. The third-order valence-corrected chi connectivity index (χ3v) is 3.07. The van der Waals surface area contributed by atoms with Gasteiger partial charge in [0, 0.05) is 6.04 Å². The molecule has 20 heavy (non-hydrogen) atoms. The zero-order valence-electron chi connectivity index (χ0n) is 12.8. The van der Waals surface area contributed by atoms with Crippen molar-refractivity contribution < 1.29 is 14.6 Å². The van der Waals surface area contributed by atoms with Crippen molar-refractivity contribution in [2.24, 2.45) is 0 Å². The van der Waals surface area contributed by atoms with E-state index in [9.17, 15) is 9.90 Å². The van der Waals surface area contributed by atoms with E-state index in [1.165, 1.54) is 5.56 Å². The van der Waals surface area contributed by atoms with Crippen LogP contribution in [-0.2, 0) is 11.2 Å². The first kappa shape index (κ1) is 16.5. The molecule has 0 heterocycles. The quantitative estimate of drug-likeness (QED) is 0.768.